The molecule has 2 aliphatic rings. The number of nitrogens with zero attached hydrogens (tertiary/aromatic N) is 3. The summed E-state index contributed by atoms with van der Waals surface area (Å²) in [6.45, 7) is 5.24. The lowest BCUT2D eigenvalue weighted by atomic mass is 10.1. The van der Waals surface area contributed by atoms with Gasteiger partial charge in [0, 0.05) is 37.9 Å². The van der Waals surface area contributed by atoms with E-state index >= 15 is 0 Å². The van der Waals surface area contributed by atoms with Crippen LogP contribution in [0.25, 0.3) is 0 Å². The Kier molecular flexibility index (Phi) is 4.78. The van der Waals surface area contributed by atoms with Gasteiger partial charge in [-0.05, 0) is 31.7 Å². The van der Waals surface area contributed by atoms with Crippen molar-refractivity contribution >= 4 is 5.91 Å². The third kappa shape index (κ3) is 3.17. The summed E-state index contributed by atoms with van der Waals surface area (Å²) < 4.78 is 0. The highest BCUT2D eigenvalue weighted by Crippen LogP contribution is 2.25. The van der Waals surface area contributed by atoms with Gasteiger partial charge < -0.3 is 10.0 Å². The highest BCUT2D eigenvalue weighted by atomic mass is 16.3. The average Bonchev–Trinajstić information content (AvgIpc) is 3.16. The molecule has 0 aromatic carbocycles. The van der Waals surface area contributed by atoms with Crippen molar-refractivity contribution in [2.45, 2.75) is 51.2 Å². The standard InChI is InChI=1S/C16H26N4O2/c1-2-4-12-11-13(18-17-12)16(22)20-9-7-19(8-10-20)14-5-3-6-15(14)21/h11,14-15,21H,2-10H2,1H3,(H,17,18)/t14-,15+/m1/s1. The number of carbonyl (C=O) groups is 1. The molecule has 1 aliphatic carbocycles. The maximum atomic E-state index is 12.5. The number of aryl methyl sites for hydroxylation is 1. The van der Waals surface area contributed by atoms with Crippen molar-refractivity contribution in [2.75, 3.05) is 26.2 Å². The Labute approximate surface area is 131 Å². The van der Waals surface area contributed by atoms with E-state index in [1.807, 2.05) is 11.0 Å². The summed E-state index contributed by atoms with van der Waals surface area (Å²) in [7, 11) is 0. The second kappa shape index (κ2) is 6.79. The molecule has 2 heterocycles. The minimum absolute atomic E-state index is 0.0187. The van der Waals surface area contributed by atoms with Crippen LogP contribution in [0, 0.1) is 0 Å². The molecule has 1 amide bonds. The molecule has 122 valence electrons. The number of aromatic amines is 1. The molecular weight excluding hydrogens is 280 g/mol. The SMILES string of the molecule is CCCc1cc(C(=O)N2CCN([C@@H]3CCC[C@@H]3O)CC2)n[nH]1. The molecule has 22 heavy (non-hydrogen) atoms. The fourth-order valence-electron chi connectivity index (χ4n) is 3.63. The van der Waals surface area contributed by atoms with Crippen LogP contribution < -0.4 is 0 Å². The molecule has 0 spiro atoms. The zero-order valence-electron chi connectivity index (χ0n) is 13.3. The number of rotatable bonds is 4. The molecule has 0 bridgehead atoms. The third-order valence-corrected chi connectivity index (χ3v) is 4.88. The largest absolute Gasteiger partial charge is 0.391 e. The minimum Gasteiger partial charge on any atom is -0.391 e. The predicted molar refractivity (Wildman–Crippen MR) is 83.7 cm³/mol. The molecule has 1 aromatic rings. The van der Waals surface area contributed by atoms with Crippen molar-refractivity contribution in [1.29, 1.82) is 0 Å². The van der Waals surface area contributed by atoms with Gasteiger partial charge in [-0.25, -0.2) is 0 Å². The van der Waals surface area contributed by atoms with Gasteiger partial charge in [-0.15, -0.1) is 0 Å². The number of H-pyrrole nitrogens is 1. The van der Waals surface area contributed by atoms with E-state index in [1.54, 1.807) is 0 Å². The molecule has 0 unspecified atom stereocenters. The van der Waals surface area contributed by atoms with Crippen LogP contribution in [0.3, 0.4) is 0 Å². The number of piperazine rings is 1. The molecule has 1 aliphatic heterocycles. The Morgan fingerprint density at radius 3 is 2.77 bits per heavy atom. The van der Waals surface area contributed by atoms with Crippen molar-refractivity contribution in [3.8, 4) is 0 Å². The van der Waals surface area contributed by atoms with Gasteiger partial charge in [0.1, 0.15) is 5.69 Å². The molecule has 0 radical (unpaired) electrons. The molecule has 1 aromatic heterocycles. The Morgan fingerprint density at radius 1 is 1.36 bits per heavy atom. The van der Waals surface area contributed by atoms with Crippen LogP contribution >= 0.6 is 0 Å². The zero-order chi connectivity index (χ0) is 15.5. The van der Waals surface area contributed by atoms with Gasteiger partial charge in [0.25, 0.3) is 5.91 Å². The summed E-state index contributed by atoms with van der Waals surface area (Å²) in [6, 6.07) is 2.16. The number of aliphatic hydroxyl groups excluding tert-OH is 1. The van der Waals surface area contributed by atoms with Crippen LogP contribution in [0.1, 0.15) is 48.8 Å². The molecule has 3 rings (SSSR count). The van der Waals surface area contributed by atoms with Gasteiger partial charge in [0.15, 0.2) is 0 Å². The van der Waals surface area contributed by atoms with Gasteiger partial charge in [-0.2, -0.15) is 5.10 Å². The lowest BCUT2D eigenvalue weighted by molar-refractivity contribution is 0.0313. The van der Waals surface area contributed by atoms with Crippen molar-refractivity contribution < 1.29 is 9.90 Å². The Balaban J connectivity index is 1.55. The summed E-state index contributed by atoms with van der Waals surface area (Å²) in [5.74, 6) is 0.0187. The number of hydrogen-bond donors (Lipinski definition) is 2. The molecule has 2 fully saturated rings. The first-order valence-electron chi connectivity index (χ1n) is 8.44. The van der Waals surface area contributed by atoms with E-state index < -0.39 is 0 Å². The Morgan fingerprint density at radius 2 is 2.14 bits per heavy atom. The lowest BCUT2D eigenvalue weighted by Gasteiger charge is -2.38. The second-order valence-electron chi connectivity index (χ2n) is 6.42. The molecule has 6 heteroatoms. The third-order valence-electron chi connectivity index (χ3n) is 4.88. The lowest BCUT2D eigenvalue weighted by Crippen LogP contribution is -2.53. The minimum atomic E-state index is -0.190. The first kappa shape index (κ1) is 15.5. The average molecular weight is 306 g/mol. The van der Waals surface area contributed by atoms with Gasteiger partial charge in [0.05, 0.1) is 6.10 Å². The van der Waals surface area contributed by atoms with E-state index in [0.29, 0.717) is 11.7 Å². The van der Waals surface area contributed by atoms with Gasteiger partial charge in [-0.1, -0.05) is 13.3 Å². The summed E-state index contributed by atoms with van der Waals surface area (Å²) in [5.41, 5.74) is 1.55. The Hall–Kier alpha value is -1.40. The maximum Gasteiger partial charge on any atom is 0.274 e. The fourth-order valence-corrected chi connectivity index (χ4v) is 3.63. The number of hydrogen-bond acceptors (Lipinski definition) is 4. The van der Waals surface area contributed by atoms with Crippen LogP contribution in [0.2, 0.25) is 0 Å². The van der Waals surface area contributed by atoms with E-state index in [0.717, 1.165) is 64.0 Å². The summed E-state index contributed by atoms with van der Waals surface area (Å²) in [6.07, 6.45) is 4.88. The van der Waals surface area contributed by atoms with Crippen LogP contribution in [0.5, 0.6) is 0 Å². The smallest absolute Gasteiger partial charge is 0.274 e. The molecule has 2 atom stereocenters. The second-order valence-corrected chi connectivity index (χ2v) is 6.42. The molecule has 2 N–H and O–H groups in total. The summed E-state index contributed by atoms with van der Waals surface area (Å²) >= 11 is 0. The Bertz CT molecular complexity index is 508. The van der Waals surface area contributed by atoms with Crippen LogP contribution in [0.15, 0.2) is 6.07 Å². The zero-order valence-corrected chi connectivity index (χ0v) is 13.3. The van der Waals surface area contributed by atoms with Crippen molar-refractivity contribution in [1.82, 2.24) is 20.0 Å². The molecule has 1 saturated heterocycles. The highest BCUT2D eigenvalue weighted by Gasteiger charge is 2.33. The van der Waals surface area contributed by atoms with Gasteiger partial charge in [-0.3, -0.25) is 14.8 Å². The van der Waals surface area contributed by atoms with Crippen molar-refractivity contribution in [3.05, 3.63) is 17.5 Å². The monoisotopic (exact) mass is 306 g/mol. The molecule has 6 nitrogen and oxygen atoms in total. The molecular formula is C16H26N4O2. The summed E-state index contributed by atoms with van der Waals surface area (Å²) in [4.78, 5) is 16.7. The maximum absolute atomic E-state index is 12.5. The topological polar surface area (TPSA) is 72.5 Å². The number of nitrogens with one attached hydrogen (secondary N) is 1. The summed E-state index contributed by atoms with van der Waals surface area (Å²) in [5, 5.41) is 17.1. The quantitative estimate of drug-likeness (QED) is 0.871. The van der Waals surface area contributed by atoms with Crippen LogP contribution in [-0.4, -0.2) is 69.3 Å². The first-order chi connectivity index (χ1) is 10.7. The first-order valence-corrected chi connectivity index (χ1v) is 8.44. The van der Waals surface area contributed by atoms with E-state index in [1.165, 1.54) is 0 Å². The predicted octanol–water partition coefficient (Wildman–Crippen LogP) is 1.03. The number of aromatic nitrogens is 2. The number of carbonyl (C=O) groups excluding carboxylic acids is 1. The van der Waals surface area contributed by atoms with E-state index in [9.17, 15) is 9.90 Å². The van der Waals surface area contributed by atoms with Gasteiger partial charge >= 0.3 is 0 Å². The van der Waals surface area contributed by atoms with E-state index in [-0.39, 0.29) is 12.0 Å². The van der Waals surface area contributed by atoms with Gasteiger partial charge in [0.2, 0.25) is 0 Å². The fraction of sp³-hybridized carbons (Fsp3) is 0.750. The van der Waals surface area contributed by atoms with Crippen LogP contribution in [0.4, 0.5) is 0 Å². The van der Waals surface area contributed by atoms with Crippen molar-refractivity contribution in [2.24, 2.45) is 0 Å². The molecule has 1 saturated carbocycles. The number of aliphatic hydroxyl groups is 1. The highest BCUT2D eigenvalue weighted by molar-refractivity contribution is 5.92. The van der Waals surface area contributed by atoms with E-state index in [4.69, 9.17) is 0 Å². The van der Waals surface area contributed by atoms with Crippen molar-refractivity contribution in [3.63, 3.8) is 0 Å². The normalized spacial score (nSPS) is 26.5. The van der Waals surface area contributed by atoms with Crippen LogP contribution in [-0.2, 0) is 6.42 Å². The number of amides is 1. The van der Waals surface area contributed by atoms with E-state index in [2.05, 4.69) is 22.0 Å².